The van der Waals surface area contributed by atoms with Gasteiger partial charge in [0.15, 0.2) is 0 Å². The molecule has 29 heavy (non-hydrogen) atoms. The van der Waals surface area contributed by atoms with E-state index in [0.717, 1.165) is 16.5 Å². The van der Waals surface area contributed by atoms with Crippen LogP contribution >= 0.6 is 12.6 Å². The fourth-order valence-corrected chi connectivity index (χ4v) is 3.79. The fraction of sp³-hybridized carbons (Fsp3) is 0.0476. The Morgan fingerprint density at radius 3 is 2.59 bits per heavy atom. The fourth-order valence-electron chi connectivity index (χ4n) is 3.42. The van der Waals surface area contributed by atoms with E-state index < -0.39 is 17.0 Å². The number of nitro groups is 1. The summed E-state index contributed by atoms with van der Waals surface area (Å²) in [5, 5.41) is 25.5. The number of carbonyl (C=O) groups is 1. The second-order valence-electron chi connectivity index (χ2n) is 6.41. The van der Waals surface area contributed by atoms with Gasteiger partial charge in [-0.05, 0) is 11.5 Å². The number of nitrogens with zero attached hydrogens (tertiary/aromatic N) is 3. The van der Waals surface area contributed by atoms with E-state index in [4.69, 9.17) is 0 Å². The molecule has 0 spiro atoms. The molecule has 1 amide bonds. The molecule has 0 bridgehead atoms. The van der Waals surface area contributed by atoms with E-state index in [1.54, 1.807) is 17.0 Å². The van der Waals surface area contributed by atoms with Gasteiger partial charge in [0.2, 0.25) is 0 Å². The van der Waals surface area contributed by atoms with Crippen LogP contribution < -0.4 is 10.2 Å². The molecular weight excluding hydrogens is 388 g/mol. The Labute approximate surface area is 171 Å². The van der Waals surface area contributed by atoms with Crippen LogP contribution in [0.1, 0.15) is 11.7 Å². The maximum Gasteiger partial charge on any atom is 0.269 e. The molecular formula is C21H14N4O3S. The molecule has 0 fully saturated rings. The molecule has 0 aromatic heterocycles. The smallest absolute Gasteiger partial charge is 0.269 e. The summed E-state index contributed by atoms with van der Waals surface area (Å²) >= 11 is 4.49. The van der Waals surface area contributed by atoms with Crippen molar-refractivity contribution in [2.45, 2.75) is 6.17 Å². The number of nitriles is 1. The minimum atomic E-state index is -0.766. The molecule has 1 unspecified atom stereocenters. The molecule has 4 rings (SSSR count). The molecule has 1 N–H and O–H groups in total. The molecule has 142 valence electrons. The van der Waals surface area contributed by atoms with E-state index in [1.165, 1.54) is 12.1 Å². The molecule has 0 saturated heterocycles. The Hall–Kier alpha value is -3.83. The van der Waals surface area contributed by atoms with Gasteiger partial charge in [-0.15, -0.1) is 12.6 Å². The first-order valence-corrected chi connectivity index (χ1v) is 9.11. The standard InChI is InChI=1S/C21H14N4O3S/c22-12-17-20(26)23-19(14-7-3-8-15(11-14)25(27)28)24(21(17)29)18-10-4-6-13-5-1-2-9-16(13)18/h1-11,19,29H,(H,23,26). The molecule has 1 aliphatic rings. The summed E-state index contributed by atoms with van der Waals surface area (Å²) in [7, 11) is 0. The van der Waals surface area contributed by atoms with E-state index >= 15 is 0 Å². The third-order valence-electron chi connectivity index (χ3n) is 4.74. The Kier molecular flexibility index (Phi) is 4.66. The van der Waals surface area contributed by atoms with Crippen molar-refractivity contribution in [2.75, 3.05) is 4.90 Å². The van der Waals surface area contributed by atoms with E-state index in [9.17, 15) is 20.2 Å². The van der Waals surface area contributed by atoms with Gasteiger partial charge >= 0.3 is 0 Å². The zero-order valence-electron chi connectivity index (χ0n) is 14.9. The second kappa shape index (κ2) is 7.30. The van der Waals surface area contributed by atoms with Crippen molar-refractivity contribution >= 4 is 40.7 Å². The number of thiol groups is 1. The van der Waals surface area contributed by atoms with Crippen LogP contribution in [0.5, 0.6) is 0 Å². The number of nitrogens with one attached hydrogen (secondary N) is 1. The second-order valence-corrected chi connectivity index (χ2v) is 6.83. The Balaban J connectivity index is 1.96. The van der Waals surface area contributed by atoms with E-state index in [1.807, 2.05) is 48.5 Å². The lowest BCUT2D eigenvalue weighted by atomic mass is 10.0. The molecule has 0 saturated carbocycles. The monoisotopic (exact) mass is 402 g/mol. The van der Waals surface area contributed by atoms with Gasteiger partial charge in [0, 0.05) is 23.1 Å². The predicted octanol–water partition coefficient (Wildman–Crippen LogP) is 4.05. The first-order valence-electron chi connectivity index (χ1n) is 8.67. The van der Waals surface area contributed by atoms with E-state index in [2.05, 4.69) is 17.9 Å². The average molecular weight is 402 g/mol. The highest BCUT2D eigenvalue weighted by Crippen LogP contribution is 2.39. The number of carbonyl (C=O) groups excluding carboxylic acids is 1. The van der Waals surface area contributed by atoms with Crippen LogP contribution in [0.4, 0.5) is 11.4 Å². The van der Waals surface area contributed by atoms with Gasteiger partial charge in [0.05, 0.1) is 15.6 Å². The molecule has 8 heteroatoms. The van der Waals surface area contributed by atoms with Crippen LogP contribution in [-0.2, 0) is 4.79 Å². The molecule has 3 aromatic rings. The maximum absolute atomic E-state index is 12.5. The summed E-state index contributed by atoms with van der Waals surface area (Å²) < 4.78 is 0. The lowest BCUT2D eigenvalue weighted by Crippen LogP contribution is -2.46. The first-order chi connectivity index (χ1) is 14.0. The van der Waals surface area contributed by atoms with Crippen molar-refractivity contribution in [3.63, 3.8) is 0 Å². The van der Waals surface area contributed by atoms with Gasteiger partial charge in [0.1, 0.15) is 17.8 Å². The van der Waals surface area contributed by atoms with Gasteiger partial charge in [-0.2, -0.15) is 5.26 Å². The summed E-state index contributed by atoms with van der Waals surface area (Å²) in [5.74, 6) is -0.578. The minimum Gasteiger partial charge on any atom is -0.327 e. The molecule has 0 aliphatic carbocycles. The number of amides is 1. The zero-order valence-corrected chi connectivity index (χ0v) is 15.8. The van der Waals surface area contributed by atoms with Crippen LogP contribution in [0.3, 0.4) is 0 Å². The number of rotatable bonds is 3. The number of fused-ring (bicyclic) bond motifs is 1. The number of anilines is 1. The normalized spacial score (nSPS) is 16.5. The van der Waals surface area contributed by atoms with Crippen molar-refractivity contribution < 1.29 is 9.72 Å². The van der Waals surface area contributed by atoms with Gasteiger partial charge in [0.25, 0.3) is 11.6 Å². The topological polar surface area (TPSA) is 99.3 Å². The Bertz CT molecular complexity index is 1230. The molecule has 0 radical (unpaired) electrons. The third kappa shape index (κ3) is 3.17. The highest BCUT2D eigenvalue weighted by atomic mass is 32.1. The predicted molar refractivity (Wildman–Crippen MR) is 112 cm³/mol. The number of non-ortho nitro benzene ring substituents is 1. The Morgan fingerprint density at radius 2 is 1.83 bits per heavy atom. The first kappa shape index (κ1) is 18.5. The van der Waals surface area contributed by atoms with Crippen LogP contribution in [-0.4, -0.2) is 10.8 Å². The molecule has 7 nitrogen and oxygen atoms in total. The number of nitro benzene ring substituents is 1. The van der Waals surface area contributed by atoms with E-state index in [0.29, 0.717) is 5.56 Å². The number of hydrogen-bond donors (Lipinski definition) is 2. The van der Waals surface area contributed by atoms with Crippen LogP contribution in [0.2, 0.25) is 0 Å². The highest BCUT2D eigenvalue weighted by molar-refractivity contribution is 7.84. The maximum atomic E-state index is 12.5. The molecule has 3 aromatic carbocycles. The number of hydrogen-bond acceptors (Lipinski definition) is 6. The van der Waals surface area contributed by atoms with Crippen LogP contribution in [0.15, 0.2) is 77.3 Å². The van der Waals surface area contributed by atoms with Crippen molar-refractivity contribution in [2.24, 2.45) is 0 Å². The SMILES string of the molecule is N#CC1=C(S)N(c2cccc3ccccc23)C(c2cccc([N+](=O)[O-])c2)NC1=O. The quantitative estimate of drug-likeness (QED) is 0.391. The van der Waals surface area contributed by atoms with Crippen molar-refractivity contribution in [3.05, 3.63) is 93.0 Å². The molecule has 1 aliphatic heterocycles. The van der Waals surface area contributed by atoms with Gasteiger partial charge in [-0.25, -0.2) is 0 Å². The minimum absolute atomic E-state index is 0.0922. The summed E-state index contributed by atoms with van der Waals surface area (Å²) in [4.78, 5) is 24.9. The Morgan fingerprint density at radius 1 is 1.10 bits per heavy atom. The van der Waals surface area contributed by atoms with Crippen molar-refractivity contribution in [1.82, 2.24) is 5.32 Å². The summed E-state index contributed by atoms with van der Waals surface area (Å²) in [6.45, 7) is 0. The van der Waals surface area contributed by atoms with Gasteiger partial charge in [-0.1, -0.05) is 48.5 Å². The van der Waals surface area contributed by atoms with Crippen LogP contribution in [0.25, 0.3) is 10.8 Å². The largest absolute Gasteiger partial charge is 0.327 e. The third-order valence-corrected chi connectivity index (χ3v) is 5.18. The van der Waals surface area contributed by atoms with Gasteiger partial charge in [-0.3, -0.25) is 14.9 Å². The van der Waals surface area contributed by atoms with Crippen molar-refractivity contribution in [1.29, 1.82) is 5.26 Å². The van der Waals surface area contributed by atoms with Crippen molar-refractivity contribution in [3.8, 4) is 6.07 Å². The summed E-state index contributed by atoms with van der Waals surface area (Å²) in [5.41, 5.74) is 1.01. The van der Waals surface area contributed by atoms with E-state index in [-0.39, 0.29) is 16.3 Å². The van der Waals surface area contributed by atoms with Crippen LogP contribution in [0, 0.1) is 21.4 Å². The summed E-state index contributed by atoms with van der Waals surface area (Å²) in [6.07, 6.45) is -0.766. The number of benzene rings is 3. The lowest BCUT2D eigenvalue weighted by molar-refractivity contribution is -0.384. The lowest BCUT2D eigenvalue weighted by Gasteiger charge is -2.38. The zero-order chi connectivity index (χ0) is 20.5. The average Bonchev–Trinajstić information content (AvgIpc) is 2.73. The summed E-state index contributed by atoms with van der Waals surface area (Å²) in [6, 6.07) is 21.3. The molecule has 1 heterocycles. The van der Waals surface area contributed by atoms with Gasteiger partial charge < -0.3 is 10.2 Å². The molecule has 1 atom stereocenters. The highest BCUT2D eigenvalue weighted by Gasteiger charge is 2.35.